The summed E-state index contributed by atoms with van der Waals surface area (Å²) in [4.78, 5) is 27.1. The van der Waals surface area contributed by atoms with Crippen LogP contribution in [0.25, 0.3) is 16.8 Å². The highest BCUT2D eigenvalue weighted by atomic mass is 16.2. The average molecular weight is 370 g/mol. The van der Waals surface area contributed by atoms with Gasteiger partial charge in [-0.2, -0.15) is 0 Å². The Balaban J connectivity index is 1.52. The molecular weight excluding hydrogens is 348 g/mol. The maximum absolute atomic E-state index is 12.7. The van der Waals surface area contributed by atoms with Crippen molar-refractivity contribution in [3.8, 4) is 0 Å². The molecule has 0 radical (unpaired) electrons. The Morgan fingerprint density at radius 3 is 2.43 bits per heavy atom. The molecule has 1 N–H and O–H groups in total. The number of hydrogen-bond donors (Lipinski definition) is 1. The molecule has 1 saturated heterocycles. The minimum absolute atomic E-state index is 0.0218. The van der Waals surface area contributed by atoms with Crippen LogP contribution in [0.2, 0.25) is 0 Å². The summed E-state index contributed by atoms with van der Waals surface area (Å²) in [6.45, 7) is 1.56. The van der Waals surface area contributed by atoms with Crippen LogP contribution in [0.4, 0.5) is 5.69 Å². The van der Waals surface area contributed by atoms with E-state index >= 15 is 0 Å². The van der Waals surface area contributed by atoms with Crippen molar-refractivity contribution in [3.63, 3.8) is 0 Å². The Morgan fingerprint density at radius 2 is 1.57 bits per heavy atom. The van der Waals surface area contributed by atoms with Gasteiger partial charge in [-0.15, -0.1) is 0 Å². The molecule has 1 heterocycles. The lowest BCUT2D eigenvalue weighted by Gasteiger charge is -2.17. The van der Waals surface area contributed by atoms with Gasteiger partial charge in [-0.3, -0.25) is 9.59 Å². The van der Waals surface area contributed by atoms with Gasteiger partial charge >= 0.3 is 0 Å². The molecule has 1 aliphatic rings. The normalized spacial score (nSPS) is 13.9. The lowest BCUT2D eigenvalue weighted by molar-refractivity contribution is -0.111. The fourth-order valence-corrected chi connectivity index (χ4v) is 3.60. The van der Waals surface area contributed by atoms with Crippen LogP contribution in [0.15, 0.2) is 72.8 Å². The van der Waals surface area contributed by atoms with E-state index < -0.39 is 0 Å². The Morgan fingerprint density at radius 1 is 0.857 bits per heavy atom. The van der Waals surface area contributed by atoms with Crippen LogP contribution in [0.5, 0.6) is 0 Å². The molecule has 1 aliphatic heterocycles. The SMILES string of the molecule is O=C(/C=C/c1cccc2ccccc12)Nc1ccccc1C(=O)N1CCCC1. The van der Waals surface area contributed by atoms with Crippen molar-refractivity contribution >= 4 is 34.4 Å². The first kappa shape index (κ1) is 18.0. The second-order valence-electron chi connectivity index (χ2n) is 6.94. The number of carbonyl (C=O) groups is 2. The predicted octanol–water partition coefficient (Wildman–Crippen LogP) is 4.73. The Hall–Kier alpha value is -3.40. The smallest absolute Gasteiger partial charge is 0.255 e. The van der Waals surface area contributed by atoms with Crippen molar-refractivity contribution in [2.75, 3.05) is 18.4 Å². The van der Waals surface area contributed by atoms with Crippen molar-refractivity contribution in [3.05, 3.63) is 83.9 Å². The summed E-state index contributed by atoms with van der Waals surface area (Å²) >= 11 is 0. The standard InChI is InChI=1S/C24H22N2O2/c27-23(15-14-19-10-7-9-18-8-1-2-11-20(18)19)25-22-13-4-3-12-21(22)24(28)26-16-5-6-17-26/h1-4,7-15H,5-6,16-17H2,(H,25,27)/b15-14+. The lowest BCUT2D eigenvalue weighted by atomic mass is 10.0. The van der Waals surface area contributed by atoms with Crippen LogP contribution in [0.1, 0.15) is 28.8 Å². The summed E-state index contributed by atoms with van der Waals surface area (Å²) < 4.78 is 0. The van der Waals surface area contributed by atoms with Gasteiger partial charge in [0.15, 0.2) is 0 Å². The highest BCUT2D eigenvalue weighted by Crippen LogP contribution is 2.21. The monoisotopic (exact) mass is 370 g/mol. The van der Waals surface area contributed by atoms with E-state index in [0.717, 1.165) is 42.3 Å². The van der Waals surface area contributed by atoms with E-state index in [1.54, 1.807) is 12.1 Å². The predicted molar refractivity (Wildman–Crippen MR) is 113 cm³/mol. The number of nitrogens with zero attached hydrogens (tertiary/aromatic N) is 1. The maximum atomic E-state index is 12.7. The molecule has 0 aromatic heterocycles. The van der Waals surface area contributed by atoms with E-state index in [1.807, 2.05) is 65.6 Å². The molecule has 4 rings (SSSR count). The van der Waals surface area contributed by atoms with E-state index in [2.05, 4.69) is 5.32 Å². The van der Waals surface area contributed by atoms with Crippen LogP contribution in [-0.4, -0.2) is 29.8 Å². The summed E-state index contributed by atoms with van der Waals surface area (Å²) in [7, 11) is 0. The molecule has 4 heteroatoms. The number of anilines is 1. The van der Waals surface area contributed by atoms with Crippen molar-refractivity contribution in [2.45, 2.75) is 12.8 Å². The number of para-hydroxylation sites is 1. The van der Waals surface area contributed by atoms with Gasteiger partial charge in [0.1, 0.15) is 0 Å². The number of likely N-dealkylation sites (tertiary alicyclic amines) is 1. The molecule has 3 aromatic rings. The highest BCUT2D eigenvalue weighted by molar-refractivity contribution is 6.08. The van der Waals surface area contributed by atoms with Gasteiger partial charge in [0.2, 0.25) is 5.91 Å². The van der Waals surface area contributed by atoms with Crippen LogP contribution in [-0.2, 0) is 4.79 Å². The van der Waals surface area contributed by atoms with Crippen molar-refractivity contribution in [1.82, 2.24) is 4.90 Å². The Bertz CT molecular complexity index is 1040. The first-order valence-corrected chi connectivity index (χ1v) is 9.57. The minimum Gasteiger partial charge on any atom is -0.339 e. The van der Waals surface area contributed by atoms with Gasteiger partial charge in [0, 0.05) is 19.2 Å². The van der Waals surface area contributed by atoms with E-state index in [0.29, 0.717) is 11.3 Å². The summed E-state index contributed by atoms with van der Waals surface area (Å²) in [5.41, 5.74) is 2.07. The zero-order chi connectivity index (χ0) is 19.3. The first-order chi connectivity index (χ1) is 13.7. The van der Waals surface area contributed by atoms with Gasteiger partial charge in [0.25, 0.3) is 5.91 Å². The number of hydrogen-bond acceptors (Lipinski definition) is 2. The summed E-state index contributed by atoms with van der Waals surface area (Å²) in [5.74, 6) is -0.277. The number of rotatable bonds is 4. The fourth-order valence-electron chi connectivity index (χ4n) is 3.60. The molecule has 3 aromatic carbocycles. The van der Waals surface area contributed by atoms with Crippen LogP contribution in [0, 0.1) is 0 Å². The third-order valence-corrected chi connectivity index (χ3v) is 5.05. The molecule has 1 fully saturated rings. The van der Waals surface area contributed by atoms with Gasteiger partial charge < -0.3 is 10.2 Å². The van der Waals surface area contributed by atoms with E-state index in [9.17, 15) is 9.59 Å². The molecule has 0 unspecified atom stereocenters. The first-order valence-electron chi connectivity index (χ1n) is 9.57. The molecule has 4 nitrogen and oxygen atoms in total. The molecular formula is C24H22N2O2. The van der Waals surface area contributed by atoms with Crippen molar-refractivity contribution < 1.29 is 9.59 Å². The summed E-state index contributed by atoms with van der Waals surface area (Å²) in [6, 6.07) is 21.3. The van der Waals surface area contributed by atoms with E-state index in [-0.39, 0.29) is 11.8 Å². The number of carbonyl (C=O) groups excluding carboxylic acids is 2. The van der Waals surface area contributed by atoms with Crippen LogP contribution in [0.3, 0.4) is 0 Å². The third-order valence-electron chi connectivity index (χ3n) is 5.05. The summed E-state index contributed by atoms with van der Waals surface area (Å²) in [5, 5.41) is 5.09. The second-order valence-corrected chi connectivity index (χ2v) is 6.94. The molecule has 2 amide bonds. The molecule has 140 valence electrons. The van der Waals surface area contributed by atoms with Gasteiger partial charge in [-0.25, -0.2) is 0 Å². The maximum Gasteiger partial charge on any atom is 0.255 e. The minimum atomic E-state index is -0.255. The average Bonchev–Trinajstić information content (AvgIpc) is 3.27. The molecule has 0 saturated carbocycles. The van der Waals surface area contributed by atoms with Gasteiger partial charge in [0.05, 0.1) is 11.3 Å². The lowest BCUT2D eigenvalue weighted by Crippen LogP contribution is -2.28. The van der Waals surface area contributed by atoms with Crippen LogP contribution >= 0.6 is 0 Å². The Kier molecular flexibility index (Phi) is 5.20. The number of fused-ring (bicyclic) bond motifs is 1. The molecule has 0 atom stereocenters. The third kappa shape index (κ3) is 3.81. The van der Waals surface area contributed by atoms with Gasteiger partial charge in [-0.05, 0) is 47.4 Å². The largest absolute Gasteiger partial charge is 0.339 e. The molecule has 0 spiro atoms. The van der Waals surface area contributed by atoms with Gasteiger partial charge in [-0.1, -0.05) is 54.6 Å². The Labute approximate surface area is 164 Å². The quantitative estimate of drug-likeness (QED) is 0.675. The molecule has 0 bridgehead atoms. The molecule has 28 heavy (non-hydrogen) atoms. The highest BCUT2D eigenvalue weighted by Gasteiger charge is 2.21. The second kappa shape index (κ2) is 8.09. The number of nitrogens with one attached hydrogen (secondary N) is 1. The summed E-state index contributed by atoms with van der Waals surface area (Å²) in [6.07, 6.45) is 5.39. The molecule has 0 aliphatic carbocycles. The van der Waals surface area contributed by atoms with E-state index in [4.69, 9.17) is 0 Å². The zero-order valence-corrected chi connectivity index (χ0v) is 15.6. The van der Waals surface area contributed by atoms with Crippen molar-refractivity contribution in [2.24, 2.45) is 0 Å². The van der Waals surface area contributed by atoms with E-state index in [1.165, 1.54) is 6.08 Å². The van der Waals surface area contributed by atoms with Crippen LogP contribution < -0.4 is 5.32 Å². The fraction of sp³-hybridized carbons (Fsp3) is 0.167. The number of amides is 2. The zero-order valence-electron chi connectivity index (χ0n) is 15.6. The van der Waals surface area contributed by atoms with Crippen molar-refractivity contribution in [1.29, 1.82) is 0 Å². The topological polar surface area (TPSA) is 49.4 Å². The number of benzene rings is 3.